The molecule has 5 heteroatoms. The Morgan fingerprint density at radius 2 is 2.11 bits per heavy atom. The third-order valence-electron chi connectivity index (χ3n) is 3.68. The summed E-state index contributed by atoms with van der Waals surface area (Å²) in [6.07, 6.45) is 0.165. The summed E-state index contributed by atoms with van der Waals surface area (Å²) >= 11 is 0. The Kier molecular flexibility index (Phi) is 3.55. The van der Waals surface area contributed by atoms with Gasteiger partial charge in [0.2, 0.25) is 5.91 Å². The number of carbonyl (C=O) groups excluding carboxylic acids is 1. The van der Waals surface area contributed by atoms with Gasteiger partial charge in [-0.1, -0.05) is 13.0 Å². The number of anilines is 1. The molecule has 0 aliphatic carbocycles. The lowest BCUT2D eigenvalue weighted by atomic mass is 9.81. The van der Waals surface area contributed by atoms with Crippen molar-refractivity contribution in [2.24, 2.45) is 11.8 Å². The van der Waals surface area contributed by atoms with Crippen molar-refractivity contribution in [2.75, 3.05) is 4.90 Å². The molecule has 1 aromatic carbocycles. The van der Waals surface area contributed by atoms with Crippen LogP contribution < -0.4 is 4.90 Å². The zero-order valence-electron chi connectivity index (χ0n) is 10.8. The summed E-state index contributed by atoms with van der Waals surface area (Å²) in [5.41, 5.74) is 0.413. The molecule has 1 fully saturated rings. The molecular formula is C14H16FNO3. The summed E-state index contributed by atoms with van der Waals surface area (Å²) in [7, 11) is 0. The van der Waals surface area contributed by atoms with Gasteiger partial charge in [-0.05, 0) is 31.0 Å². The Bertz CT molecular complexity index is 517. The van der Waals surface area contributed by atoms with Crippen LogP contribution in [0.1, 0.15) is 20.3 Å². The molecule has 19 heavy (non-hydrogen) atoms. The highest BCUT2D eigenvalue weighted by Gasteiger charge is 2.42. The predicted molar refractivity (Wildman–Crippen MR) is 68.3 cm³/mol. The van der Waals surface area contributed by atoms with Crippen molar-refractivity contribution in [3.8, 4) is 0 Å². The first-order valence-corrected chi connectivity index (χ1v) is 6.22. The van der Waals surface area contributed by atoms with E-state index in [9.17, 15) is 19.1 Å². The second kappa shape index (κ2) is 4.99. The van der Waals surface area contributed by atoms with E-state index in [-0.39, 0.29) is 18.2 Å². The van der Waals surface area contributed by atoms with Crippen molar-refractivity contribution in [3.63, 3.8) is 0 Å². The molecule has 0 bridgehead atoms. The quantitative estimate of drug-likeness (QED) is 0.892. The van der Waals surface area contributed by atoms with E-state index in [4.69, 9.17) is 0 Å². The predicted octanol–water partition coefficient (Wildman–Crippen LogP) is 2.29. The molecule has 1 aliphatic rings. The minimum atomic E-state index is -0.922. The van der Waals surface area contributed by atoms with Crippen LogP contribution in [0.2, 0.25) is 0 Å². The normalized spacial score (nSPS) is 27.4. The molecule has 1 N–H and O–H groups in total. The molecule has 1 aromatic rings. The van der Waals surface area contributed by atoms with Gasteiger partial charge in [0.05, 0.1) is 5.92 Å². The van der Waals surface area contributed by atoms with E-state index in [1.165, 1.54) is 23.1 Å². The molecule has 102 valence electrons. The Hall–Kier alpha value is -1.91. The second-order valence-corrected chi connectivity index (χ2v) is 5.03. The first-order valence-electron chi connectivity index (χ1n) is 6.22. The topological polar surface area (TPSA) is 57.6 Å². The van der Waals surface area contributed by atoms with Crippen LogP contribution in [-0.2, 0) is 9.59 Å². The second-order valence-electron chi connectivity index (χ2n) is 5.03. The summed E-state index contributed by atoms with van der Waals surface area (Å²) in [6, 6.07) is 5.18. The minimum absolute atomic E-state index is 0.164. The lowest BCUT2D eigenvalue weighted by Crippen LogP contribution is -2.53. The molecule has 1 aliphatic heterocycles. The highest BCUT2D eigenvalue weighted by Crippen LogP contribution is 2.33. The van der Waals surface area contributed by atoms with Crippen molar-refractivity contribution in [1.82, 2.24) is 0 Å². The smallest absolute Gasteiger partial charge is 0.308 e. The van der Waals surface area contributed by atoms with E-state index in [0.29, 0.717) is 5.69 Å². The molecule has 4 nitrogen and oxygen atoms in total. The number of rotatable bonds is 2. The highest BCUT2D eigenvalue weighted by atomic mass is 19.1. The molecule has 0 saturated carbocycles. The molecule has 0 spiro atoms. The summed E-state index contributed by atoms with van der Waals surface area (Å²) in [6.45, 7) is 3.45. The van der Waals surface area contributed by atoms with Crippen molar-refractivity contribution >= 4 is 17.6 Å². The summed E-state index contributed by atoms with van der Waals surface area (Å²) in [4.78, 5) is 24.8. The van der Waals surface area contributed by atoms with E-state index >= 15 is 0 Å². The van der Waals surface area contributed by atoms with Gasteiger partial charge in [-0.25, -0.2) is 4.39 Å². The molecule has 3 atom stereocenters. The number of carboxylic acids is 1. The largest absolute Gasteiger partial charge is 0.481 e. The van der Waals surface area contributed by atoms with Gasteiger partial charge in [0, 0.05) is 18.2 Å². The van der Waals surface area contributed by atoms with Gasteiger partial charge in [0.1, 0.15) is 5.82 Å². The molecule has 0 radical (unpaired) electrons. The van der Waals surface area contributed by atoms with E-state index in [2.05, 4.69) is 0 Å². The average Bonchev–Trinajstić information content (AvgIpc) is 2.27. The zero-order chi connectivity index (χ0) is 14.2. The molecule has 3 unspecified atom stereocenters. The van der Waals surface area contributed by atoms with Gasteiger partial charge >= 0.3 is 5.97 Å². The third kappa shape index (κ3) is 2.45. The number of aliphatic carboxylic acids is 1. The van der Waals surface area contributed by atoms with Crippen molar-refractivity contribution in [1.29, 1.82) is 0 Å². The number of benzene rings is 1. The standard InChI is InChI=1S/C14H16FNO3/c1-8-6-12(17)16(9(2)13(8)14(18)19)11-5-3-4-10(15)7-11/h3-5,7-9,13H,6H2,1-2H3,(H,18,19). The number of halogens is 1. The van der Waals surface area contributed by atoms with E-state index in [1.807, 2.05) is 0 Å². The summed E-state index contributed by atoms with van der Waals surface area (Å²) in [5.74, 6) is -2.38. The molecular weight excluding hydrogens is 249 g/mol. The minimum Gasteiger partial charge on any atom is -0.481 e. The lowest BCUT2D eigenvalue weighted by Gasteiger charge is -2.40. The number of hydrogen-bond donors (Lipinski definition) is 1. The van der Waals surface area contributed by atoms with Gasteiger partial charge in [-0.3, -0.25) is 9.59 Å². The van der Waals surface area contributed by atoms with Crippen LogP contribution in [0.4, 0.5) is 10.1 Å². The van der Waals surface area contributed by atoms with Gasteiger partial charge in [-0.2, -0.15) is 0 Å². The Morgan fingerprint density at radius 3 is 2.68 bits per heavy atom. The molecule has 1 amide bonds. The van der Waals surface area contributed by atoms with Crippen LogP contribution in [-0.4, -0.2) is 23.0 Å². The number of nitrogens with zero attached hydrogens (tertiary/aromatic N) is 1. The van der Waals surface area contributed by atoms with Crippen molar-refractivity contribution in [2.45, 2.75) is 26.3 Å². The molecule has 2 rings (SSSR count). The fourth-order valence-electron chi connectivity index (χ4n) is 2.82. The molecule has 0 aromatic heterocycles. The van der Waals surface area contributed by atoms with Crippen LogP contribution in [0.15, 0.2) is 24.3 Å². The van der Waals surface area contributed by atoms with Gasteiger partial charge in [0.25, 0.3) is 0 Å². The molecule has 1 saturated heterocycles. The maximum absolute atomic E-state index is 13.3. The van der Waals surface area contributed by atoms with Crippen molar-refractivity contribution < 1.29 is 19.1 Å². The van der Waals surface area contributed by atoms with Gasteiger partial charge in [0.15, 0.2) is 0 Å². The average molecular weight is 265 g/mol. The highest BCUT2D eigenvalue weighted by molar-refractivity contribution is 5.96. The maximum Gasteiger partial charge on any atom is 0.308 e. The first-order chi connectivity index (χ1) is 8.91. The fraction of sp³-hybridized carbons (Fsp3) is 0.429. The van der Waals surface area contributed by atoms with Gasteiger partial charge < -0.3 is 10.0 Å². The van der Waals surface area contributed by atoms with Crippen molar-refractivity contribution in [3.05, 3.63) is 30.1 Å². The van der Waals surface area contributed by atoms with Crippen LogP contribution in [0.25, 0.3) is 0 Å². The van der Waals surface area contributed by atoms with E-state index < -0.39 is 23.7 Å². The lowest BCUT2D eigenvalue weighted by molar-refractivity contribution is -0.146. The Balaban J connectivity index is 2.38. The number of hydrogen-bond acceptors (Lipinski definition) is 2. The summed E-state index contributed by atoms with van der Waals surface area (Å²) < 4.78 is 13.3. The van der Waals surface area contributed by atoms with E-state index in [1.54, 1.807) is 19.9 Å². The van der Waals surface area contributed by atoms with Gasteiger partial charge in [-0.15, -0.1) is 0 Å². The Labute approximate surface area is 110 Å². The van der Waals surface area contributed by atoms with Crippen LogP contribution in [0, 0.1) is 17.7 Å². The number of piperidine rings is 1. The SMILES string of the molecule is CC1CC(=O)N(c2cccc(F)c2)C(C)C1C(=O)O. The third-order valence-corrected chi connectivity index (χ3v) is 3.68. The fourth-order valence-corrected chi connectivity index (χ4v) is 2.82. The maximum atomic E-state index is 13.3. The van der Waals surface area contributed by atoms with Crippen LogP contribution in [0.3, 0.4) is 0 Å². The number of carboxylic acid groups (broad SMARTS) is 1. The van der Waals surface area contributed by atoms with E-state index in [0.717, 1.165) is 0 Å². The summed E-state index contributed by atoms with van der Waals surface area (Å²) in [5, 5.41) is 9.27. The first kappa shape index (κ1) is 13.5. The van der Waals surface area contributed by atoms with Crippen LogP contribution in [0.5, 0.6) is 0 Å². The molecule has 1 heterocycles. The van der Waals surface area contributed by atoms with Crippen LogP contribution >= 0.6 is 0 Å². The number of carbonyl (C=O) groups is 2. The number of amides is 1. The Morgan fingerprint density at radius 1 is 1.42 bits per heavy atom. The zero-order valence-corrected chi connectivity index (χ0v) is 10.8. The monoisotopic (exact) mass is 265 g/mol.